The molecule has 0 saturated carbocycles. The fourth-order valence-corrected chi connectivity index (χ4v) is 3.63. The van der Waals surface area contributed by atoms with Gasteiger partial charge in [0.15, 0.2) is 16.3 Å². The Labute approximate surface area is 168 Å². The highest BCUT2D eigenvalue weighted by Gasteiger charge is 2.43. The number of urea groups is 1. The van der Waals surface area contributed by atoms with Crippen molar-refractivity contribution in [2.24, 2.45) is 4.99 Å². The Morgan fingerprint density at radius 3 is 2.72 bits per heavy atom. The Morgan fingerprint density at radius 1 is 1.24 bits per heavy atom. The molecule has 0 fully saturated rings. The lowest BCUT2D eigenvalue weighted by Crippen LogP contribution is -2.26. The van der Waals surface area contributed by atoms with E-state index < -0.39 is 12.3 Å². The molecule has 29 heavy (non-hydrogen) atoms. The van der Waals surface area contributed by atoms with Crippen LogP contribution in [0.2, 0.25) is 0 Å². The number of amides is 2. The van der Waals surface area contributed by atoms with Gasteiger partial charge in [-0.1, -0.05) is 0 Å². The number of nitrogens with zero attached hydrogens (tertiary/aromatic N) is 4. The first-order chi connectivity index (χ1) is 13.8. The Bertz CT molecular complexity index is 1130. The summed E-state index contributed by atoms with van der Waals surface area (Å²) in [4.78, 5) is 23.5. The van der Waals surface area contributed by atoms with Gasteiger partial charge in [0.1, 0.15) is 0 Å². The van der Waals surface area contributed by atoms with Crippen molar-refractivity contribution >= 4 is 17.4 Å². The minimum Gasteiger partial charge on any atom is -0.395 e. The van der Waals surface area contributed by atoms with Gasteiger partial charge in [0.05, 0.1) is 5.69 Å². The van der Waals surface area contributed by atoms with Crippen LogP contribution in [0.15, 0.2) is 53.9 Å². The molecule has 0 N–H and O–H groups in total. The normalized spacial score (nSPS) is 14.8. The van der Waals surface area contributed by atoms with E-state index in [9.17, 15) is 13.6 Å². The average molecular weight is 418 g/mol. The highest BCUT2D eigenvalue weighted by atomic mass is 32.1. The van der Waals surface area contributed by atoms with Crippen LogP contribution in [-0.4, -0.2) is 33.8 Å². The van der Waals surface area contributed by atoms with Crippen LogP contribution in [0, 0.1) is 6.92 Å². The maximum absolute atomic E-state index is 13.3. The SMILES string of the molecule is Cc1cn(-c2ccc3c(c2)OC(F)(F)O3)c(=NC(=O)N(C)Cc2ccncc2)s1. The smallest absolute Gasteiger partial charge is 0.395 e. The number of benzene rings is 1. The van der Waals surface area contributed by atoms with Crippen molar-refractivity contribution in [2.75, 3.05) is 7.05 Å². The van der Waals surface area contributed by atoms with Crippen LogP contribution in [0.5, 0.6) is 11.5 Å². The fraction of sp³-hybridized carbons (Fsp3) is 0.211. The minimum atomic E-state index is -3.69. The number of halogens is 2. The molecule has 0 bridgehead atoms. The van der Waals surface area contributed by atoms with Crippen LogP contribution in [-0.2, 0) is 6.54 Å². The lowest BCUT2D eigenvalue weighted by atomic mass is 10.2. The number of alkyl halides is 2. The van der Waals surface area contributed by atoms with E-state index in [1.807, 2.05) is 19.1 Å². The van der Waals surface area contributed by atoms with E-state index >= 15 is 0 Å². The van der Waals surface area contributed by atoms with Crippen molar-refractivity contribution in [2.45, 2.75) is 19.8 Å². The quantitative estimate of drug-likeness (QED) is 0.650. The van der Waals surface area contributed by atoms with E-state index in [1.54, 1.807) is 36.3 Å². The number of pyridine rings is 1. The molecule has 3 heterocycles. The van der Waals surface area contributed by atoms with Crippen LogP contribution in [0.1, 0.15) is 10.4 Å². The predicted molar refractivity (Wildman–Crippen MR) is 101 cm³/mol. The standard InChI is InChI=1S/C19H16F2N4O3S/c1-12-10-25(14-3-4-15-16(9-14)28-19(20,21)27-15)18(29-12)23-17(26)24(2)11-13-5-7-22-8-6-13/h3-10H,11H2,1-2H3. The lowest BCUT2D eigenvalue weighted by molar-refractivity contribution is -0.286. The van der Waals surface area contributed by atoms with Crippen LogP contribution in [0.25, 0.3) is 5.69 Å². The summed E-state index contributed by atoms with van der Waals surface area (Å²) in [5.41, 5.74) is 1.45. The van der Waals surface area contributed by atoms with Gasteiger partial charge in [-0.3, -0.25) is 9.55 Å². The van der Waals surface area contributed by atoms with Gasteiger partial charge >= 0.3 is 12.3 Å². The first-order valence-electron chi connectivity index (χ1n) is 8.59. The molecule has 0 aliphatic carbocycles. The van der Waals surface area contributed by atoms with E-state index in [4.69, 9.17) is 0 Å². The van der Waals surface area contributed by atoms with Gasteiger partial charge in [-0.2, -0.15) is 4.99 Å². The van der Waals surface area contributed by atoms with E-state index in [2.05, 4.69) is 19.5 Å². The molecule has 0 radical (unpaired) electrons. The highest BCUT2D eigenvalue weighted by molar-refractivity contribution is 7.09. The maximum Gasteiger partial charge on any atom is 0.586 e. The third-order valence-electron chi connectivity index (χ3n) is 4.12. The fourth-order valence-electron chi connectivity index (χ4n) is 2.80. The van der Waals surface area contributed by atoms with Gasteiger partial charge in [-0.05, 0) is 36.8 Å². The first kappa shape index (κ1) is 19.1. The summed E-state index contributed by atoms with van der Waals surface area (Å²) in [5, 5.41) is 0. The summed E-state index contributed by atoms with van der Waals surface area (Å²) in [6.45, 7) is 2.25. The molecule has 150 valence electrons. The Hall–Kier alpha value is -3.27. The number of rotatable bonds is 3. The number of ether oxygens (including phenoxy) is 2. The average Bonchev–Trinajstić information content (AvgIpc) is 3.19. The zero-order chi connectivity index (χ0) is 20.6. The zero-order valence-electron chi connectivity index (χ0n) is 15.5. The van der Waals surface area contributed by atoms with Crippen LogP contribution >= 0.6 is 11.3 Å². The molecule has 0 atom stereocenters. The number of carbonyl (C=O) groups is 1. The highest BCUT2D eigenvalue weighted by Crippen LogP contribution is 2.41. The monoisotopic (exact) mass is 418 g/mol. The molecule has 2 amide bonds. The summed E-state index contributed by atoms with van der Waals surface area (Å²) in [6.07, 6.45) is 1.40. The van der Waals surface area contributed by atoms with Gasteiger partial charge in [-0.25, -0.2) is 4.79 Å². The summed E-state index contributed by atoms with van der Waals surface area (Å²) in [5.74, 6) is -0.117. The summed E-state index contributed by atoms with van der Waals surface area (Å²) in [6, 6.07) is 7.63. The third-order valence-corrected chi connectivity index (χ3v) is 5.02. The predicted octanol–water partition coefficient (Wildman–Crippen LogP) is 3.72. The van der Waals surface area contributed by atoms with Gasteiger partial charge in [0, 0.05) is 43.1 Å². The number of hydrogen-bond donors (Lipinski definition) is 0. The number of thiazole rings is 1. The number of fused-ring (bicyclic) bond motifs is 1. The van der Waals surface area contributed by atoms with Crippen molar-refractivity contribution in [3.8, 4) is 17.2 Å². The van der Waals surface area contributed by atoms with Crippen molar-refractivity contribution in [3.05, 3.63) is 64.2 Å². The molecule has 1 aromatic carbocycles. The van der Waals surface area contributed by atoms with Crippen LogP contribution in [0.4, 0.5) is 13.6 Å². The summed E-state index contributed by atoms with van der Waals surface area (Å²) in [7, 11) is 1.65. The second kappa shape index (κ2) is 7.28. The number of hydrogen-bond acceptors (Lipinski definition) is 5. The number of carbonyl (C=O) groups excluding carboxylic acids is 1. The summed E-state index contributed by atoms with van der Waals surface area (Å²) >= 11 is 1.31. The van der Waals surface area contributed by atoms with Crippen molar-refractivity contribution in [1.29, 1.82) is 0 Å². The van der Waals surface area contributed by atoms with Gasteiger partial charge in [0.2, 0.25) is 0 Å². The van der Waals surface area contributed by atoms with Crippen LogP contribution < -0.4 is 14.3 Å². The largest absolute Gasteiger partial charge is 0.586 e. The molecular weight excluding hydrogens is 402 g/mol. The first-order valence-corrected chi connectivity index (χ1v) is 9.40. The molecule has 7 nitrogen and oxygen atoms in total. The number of aromatic nitrogens is 2. The second-order valence-electron chi connectivity index (χ2n) is 6.40. The Kier molecular flexibility index (Phi) is 4.79. The maximum atomic E-state index is 13.3. The molecule has 10 heteroatoms. The van der Waals surface area contributed by atoms with Crippen LogP contribution in [0.3, 0.4) is 0 Å². The lowest BCUT2D eigenvalue weighted by Gasteiger charge is -2.13. The Balaban J connectivity index is 1.63. The van der Waals surface area contributed by atoms with Crippen molar-refractivity contribution in [1.82, 2.24) is 14.5 Å². The van der Waals surface area contributed by atoms with Gasteiger partial charge < -0.3 is 14.4 Å². The number of aryl methyl sites for hydroxylation is 1. The molecule has 0 saturated heterocycles. The molecular formula is C19H16F2N4O3S. The molecule has 1 aliphatic heterocycles. The van der Waals surface area contributed by atoms with E-state index in [0.29, 0.717) is 17.0 Å². The molecule has 1 aliphatic rings. The van der Waals surface area contributed by atoms with Gasteiger partial charge in [0.25, 0.3) is 0 Å². The minimum absolute atomic E-state index is 0.0436. The van der Waals surface area contributed by atoms with Gasteiger partial charge in [-0.15, -0.1) is 20.1 Å². The van der Waals surface area contributed by atoms with E-state index in [-0.39, 0.29) is 11.5 Å². The molecule has 4 rings (SSSR count). The van der Waals surface area contributed by atoms with E-state index in [1.165, 1.54) is 28.4 Å². The van der Waals surface area contributed by atoms with Crippen molar-refractivity contribution in [3.63, 3.8) is 0 Å². The summed E-state index contributed by atoms with van der Waals surface area (Å²) < 4.78 is 37.1. The molecule has 3 aromatic rings. The third kappa shape index (κ3) is 4.11. The van der Waals surface area contributed by atoms with E-state index in [0.717, 1.165) is 10.4 Å². The van der Waals surface area contributed by atoms with Crippen molar-refractivity contribution < 1.29 is 23.0 Å². The zero-order valence-corrected chi connectivity index (χ0v) is 16.3. The molecule has 0 spiro atoms. The molecule has 2 aromatic heterocycles. The molecule has 0 unspecified atom stereocenters. The second-order valence-corrected chi connectivity index (χ2v) is 7.61. The topological polar surface area (TPSA) is 69.0 Å². The Morgan fingerprint density at radius 2 is 1.97 bits per heavy atom.